The lowest BCUT2D eigenvalue weighted by Crippen LogP contribution is -2.19. The molecule has 112 valence electrons. The normalized spacial score (nSPS) is 12.3. The highest BCUT2D eigenvalue weighted by molar-refractivity contribution is 5.81. The number of benzene rings is 1. The number of alkyl halides is 3. The Balaban J connectivity index is 1.95. The van der Waals surface area contributed by atoms with Crippen LogP contribution in [0.5, 0.6) is 0 Å². The van der Waals surface area contributed by atoms with Crippen molar-refractivity contribution in [2.45, 2.75) is 6.18 Å². The first-order valence-corrected chi connectivity index (χ1v) is 6.27. The van der Waals surface area contributed by atoms with Gasteiger partial charge in [-0.05, 0) is 30.4 Å². The van der Waals surface area contributed by atoms with Gasteiger partial charge in [-0.15, -0.1) is 0 Å². The summed E-state index contributed by atoms with van der Waals surface area (Å²) in [6.45, 7) is 0. The van der Waals surface area contributed by atoms with E-state index in [1.165, 1.54) is 12.2 Å². The summed E-state index contributed by atoms with van der Waals surface area (Å²) >= 11 is 0. The second-order valence-electron chi connectivity index (χ2n) is 4.54. The molecule has 4 nitrogen and oxygen atoms in total. The van der Waals surface area contributed by atoms with E-state index in [4.69, 9.17) is 4.42 Å². The maximum atomic E-state index is 12.6. The minimum atomic E-state index is -4.63. The standard InChI is InChI=1S/C15H9F3N2O2/c16-15(17,18)13-8-10(19-14(21)20-13)5-6-11-7-9-3-1-2-4-12(9)22-11/h1-8H,(H,19,20,21). The largest absolute Gasteiger partial charge is 0.457 e. The van der Waals surface area contributed by atoms with Gasteiger partial charge >= 0.3 is 11.9 Å². The number of H-pyrrole nitrogens is 1. The Kier molecular flexibility index (Phi) is 3.32. The molecule has 0 aliphatic rings. The van der Waals surface area contributed by atoms with Crippen LogP contribution in [0.15, 0.2) is 45.6 Å². The van der Waals surface area contributed by atoms with Crippen LogP contribution in [0.2, 0.25) is 0 Å². The molecule has 0 unspecified atom stereocenters. The molecular weight excluding hydrogens is 297 g/mol. The van der Waals surface area contributed by atoms with Crippen molar-refractivity contribution in [2.75, 3.05) is 0 Å². The van der Waals surface area contributed by atoms with Crippen molar-refractivity contribution >= 4 is 23.1 Å². The first kappa shape index (κ1) is 14.1. The summed E-state index contributed by atoms with van der Waals surface area (Å²) < 4.78 is 43.3. The lowest BCUT2D eigenvalue weighted by Gasteiger charge is -2.05. The van der Waals surface area contributed by atoms with E-state index in [2.05, 4.69) is 4.98 Å². The molecule has 0 amide bonds. The predicted octanol–water partition coefficient (Wildman–Crippen LogP) is 3.71. The van der Waals surface area contributed by atoms with Gasteiger partial charge in [0.2, 0.25) is 0 Å². The molecule has 0 saturated carbocycles. The number of nitrogens with one attached hydrogen (secondary N) is 1. The summed E-state index contributed by atoms with van der Waals surface area (Å²) in [6, 6.07) is 9.79. The quantitative estimate of drug-likeness (QED) is 0.785. The van der Waals surface area contributed by atoms with Gasteiger partial charge in [-0.1, -0.05) is 18.2 Å². The number of furan rings is 1. The predicted molar refractivity (Wildman–Crippen MR) is 75.0 cm³/mol. The van der Waals surface area contributed by atoms with Crippen LogP contribution in [-0.2, 0) is 6.18 Å². The number of halogens is 3. The van der Waals surface area contributed by atoms with Crippen LogP contribution < -0.4 is 5.69 Å². The highest BCUT2D eigenvalue weighted by Crippen LogP contribution is 2.27. The zero-order chi connectivity index (χ0) is 15.7. The highest BCUT2D eigenvalue weighted by atomic mass is 19.4. The van der Waals surface area contributed by atoms with Crippen molar-refractivity contribution in [2.24, 2.45) is 0 Å². The van der Waals surface area contributed by atoms with E-state index >= 15 is 0 Å². The van der Waals surface area contributed by atoms with Gasteiger partial charge < -0.3 is 9.40 Å². The third-order valence-corrected chi connectivity index (χ3v) is 2.93. The average Bonchev–Trinajstić information content (AvgIpc) is 2.86. The Labute approximate surface area is 121 Å². The first-order chi connectivity index (χ1) is 10.4. The van der Waals surface area contributed by atoms with Crippen molar-refractivity contribution in [1.82, 2.24) is 9.97 Å². The molecule has 0 saturated heterocycles. The molecule has 22 heavy (non-hydrogen) atoms. The molecule has 1 N–H and O–H groups in total. The molecule has 0 bridgehead atoms. The summed E-state index contributed by atoms with van der Waals surface area (Å²) in [6.07, 6.45) is -1.88. The molecule has 3 rings (SSSR count). The second-order valence-corrected chi connectivity index (χ2v) is 4.54. The zero-order valence-corrected chi connectivity index (χ0v) is 11.0. The molecule has 0 radical (unpaired) electrons. The number of para-hydroxylation sites is 1. The van der Waals surface area contributed by atoms with Gasteiger partial charge in [-0.2, -0.15) is 18.2 Å². The number of aromatic nitrogens is 2. The molecule has 0 atom stereocenters. The molecule has 1 aromatic carbocycles. The van der Waals surface area contributed by atoms with Gasteiger partial charge in [-0.25, -0.2) is 4.79 Å². The van der Waals surface area contributed by atoms with Crippen LogP contribution in [0, 0.1) is 0 Å². The Hall–Kier alpha value is -2.83. The molecular formula is C15H9F3N2O2. The van der Waals surface area contributed by atoms with E-state index in [9.17, 15) is 18.0 Å². The molecule has 2 aromatic heterocycles. The van der Waals surface area contributed by atoms with Crippen molar-refractivity contribution in [3.63, 3.8) is 0 Å². The maximum Gasteiger partial charge on any atom is 0.431 e. The van der Waals surface area contributed by atoms with E-state index in [1.807, 2.05) is 18.2 Å². The van der Waals surface area contributed by atoms with Crippen LogP contribution in [-0.4, -0.2) is 9.97 Å². The van der Waals surface area contributed by atoms with Gasteiger partial charge in [0.05, 0.1) is 5.69 Å². The summed E-state index contributed by atoms with van der Waals surface area (Å²) in [5.41, 5.74) is -1.63. The molecule has 0 aliphatic carbocycles. The number of hydrogen-bond donors (Lipinski definition) is 1. The lowest BCUT2D eigenvalue weighted by molar-refractivity contribution is -0.141. The van der Waals surface area contributed by atoms with Crippen LogP contribution in [0.3, 0.4) is 0 Å². The maximum absolute atomic E-state index is 12.6. The summed E-state index contributed by atoms with van der Waals surface area (Å²) in [4.78, 5) is 16.3. The number of hydrogen-bond acceptors (Lipinski definition) is 3. The Morgan fingerprint density at radius 1 is 1.14 bits per heavy atom. The molecule has 7 heteroatoms. The van der Waals surface area contributed by atoms with Crippen LogP contribution in [0.25, 0.3) is 23.1 Å². The van der Waals surface area contributed by atoms with Gasteiger partial charge in [0, 0.05) is 5.39 Å². The van der Waals surface area contributed by atoms with Crippen molar-refractivity contribution in [3.05, 3.63) is 64.0 Å². The van der Waals surface area contributed by atoms with E-state index in [-0.39, 0.29) is 5.69 Å². The Morgan fingerprint density at radius 3 is 2.64 bits per heavy atom. The number of fused-ring (bicyclic) bond motifs is 1. The minimum Gasteiger partial charge on any atom is -0.457 e. The lowest BCUT2D eigenvalue weighted by atomic mass is 10.2. The summed E-state index contributed by atoms with van der Waals surface area (Å²) in [5, 5.41) is 0.872. The van der Waals surface area contributed by atoms with E-state index < -0.39 is 17.6 Å². The number of aromatic amines is 1. The summed E-state index contributed by atoms with van der Waals surface area (Å²) in [5.74, 6) is 0.455. The van der Waals surface area contributed by atoms with E-state index in [0.29, 0.717) is 11.3 Å². The Morgan fingerprint density at radius 2 is 1.91 bits per heavy atom. The fraction of sp³-hybridized carbons (Fsp3) is 0.0667. The number of rotatable bonds is 2. The fourth-order valence-electron chi connectivity index (χ4n) is 1.97. The van der Waals surface area contributed by atoms with Gasteiger partial charge in [-0.3, -0.25) is 0 Å². The van der Waals surface area contributed by atoms with Crippen molar-refractivity contribution < 1.29 is 17.6 Å². The van der Waals surface area contributed by atoms with Crippen LogP contribution in [0.1, 0.15) is 17.1 Å². The Bertz CT molecular complexity index is 874. The molecule has 2 heterocycles. The third kappa shape index (κ3) is 2.93. The minimum absolute atomic E-state index is 0.100. The van der Waals surface area contributed by atoms with Crippen LogP contribution in [0.4, 0.5) is 13.2 Å². The van der Waals surface area contributed by atoms with Gasteiger partial charge in [0.15, 0.2) is 0 Å². The molecule has 3 aromatic rings. The van der Waals surface area contributed by atoms with Crippen molar-refractivity contribution in [1.29, 1.82) is 0 Å². The SMILES string of the molecule is O=c1nc(C=Cc2cc3ccccc3o2)cc(C(F)(F)F)[nH]1. The highest BCUT2D eigenvalue weighted by Gasteiger charge is 2.32. The second kappa shape index (κ2) is 5.18. The monoisotopic (exact) mass is 306 g/mol. The third-order valence-electron chi connectivity index (χ3n) is 2.93. The van der Waals surface area contributed by atoms with E-state index in [0.717, 1.165) is 11.5 Å². The van der Waals surface area contributed by atoms with Gasteiger partial charge in [0.25, 0.3) is 0 Å². The molecule has 0 spiro atoms. The first-order valence-electron chi connectivity index (χ1n) is 6.27. The number of nitrogens with zero attached hydrogens (tertiary/aromatic N) is 1. The summed E-state index contributed by atoms with van der Waals surface area (Å²) in [7, 11) is 0. The molecule has 0 aliphatic heterocycles. The topological polar surface area (TPSA) is 58.9 Å². The van der Waals surface area contributed by atoms with Crippen LogP contribution >= 0.6 is 0 Å². The molecule has 0 fully saturated rings. The zero-order valence-electron chi connectivity index (χ0n) is 11.0. The van der Waals surface area contributed by atoms with E-state index in [1.54, 1.807) is 17.1 Å². The van der Waals surface area contributed by atoms with Gasteiger partial charge in [0.1, 0.15) is 17.0 Å². The fourth-order valence-corrected chi connectivity index (χ4v) is 1.97. The van der Waals surface area contributed by atoms with Crippen molar-refractivity contribution in [3.8, 4) is 0 Å². The average molecular weight is 306 g/mol. The smallest absolute Gasteiger partial charge is 0.431 e.